The number of fused-ring (bicyclic) bond motifs is 2. The number of nitroso groups, excluding NO2 is 1. The van der Waals surface area contributed by atoms with E-state index in [1.807, 2.05) is 27.7 Å². The van der Waals surface area contributed by atoms with E-state index < -0.39 is 38.3 Å². The minimum Gasteiger partial charge on any atom is -0.435 e. The highest BCUT2D eigenvalue weighted by atomic mass is 32.2. The molecule has 2 saturated heterocycles. The molecule has 3 aromatic carbocycles. The van der Waals surface area contributed by atoms with Crippen LogP contribution in [0, 0.1) is 28.6 Å². The quantitative estimate of drug-likeness (QED) is 0.0703. The van der Waals surface area contributed by atoms with Gasteiger partial charge in [-0.25, -0.2) is 21.7 Å². The Balaban J connectivity index is 1.65. The van der Waals surface area contributed by atoms with Gasteiger partial charge in [0.25, 0.3) is 0 Å². The third-order valence-electron chi connectivity index (χ3n) is 9.02. The smallest absolute Gasteiger partial charge is 0.327 e. The summed E-state index contributed by atoms with van der Waals surface area (Å²) < 4.78 is 63.5. The van der Waals surface area contributed by atoms with Crippen molar-refractivity contribution in [2.75, 3.05) is 38.5 Å². The number of rotatable bonds is 10. The van der Waals surface area contributed by atoms with Gasteiger partial charge in [-0.3, -0.25) is 10.3 Å². The summed E-state index contributed by atoms with van der Waals surface area (Å²) in [6.07, 6.45) is 1.84. The van der Waals surface area contributed by atoms with E-state index in [2.05, 4.69) is 10.7 Å². The summed E-state index contributed by atoms with van der Waals surface area (Å²) in [5, 5.41) is 4.44. The van der Waals surface area contributed by atoms with E-state index in [4.69, 9.17) is 15.3 Å². The van der Waals surface area contributed by atoms with Crippen molar-refractivity contribution in [3.8, 4) is 0 Å². The van der Waals surface area contributed by atoms with Gasteiger partial charge in [-0.2, -0.15) is 8.61 Å². The maximum Gasteiger partial charge on any atom is 0.327 e. The molecule has 4 atom stereocenters. The number of esters is 1. The zero-order chi connectivity index (χ0) is 35.2. The lowest BCUT2D eigenvalue weighted by Gasteiger charge is -2.34. The van der Waals surface area contributed by atoms with Gasteiger partial charge in [0.1, 0.15) is 11.2 Å². The molecule has 2 fully saturated rings. The maximum atomic E-state index is 13.9. The largest absolute Gasteiger partial charge is 0.435 e. The van der Waals surface area contributed by atoms with Crippen LogP contribution in [-0.4, -0.2) is 69.9 Å². The molecule has 0 aliphatic carbocycles. The van der Waals surface area contributed by atoms with Crippen molar-refractivity contribution in [2.24, 2.45) is 34.6 Å². The topological polar surface area (TPSA) is 178 Å². The Hall–Kier alpha value is -3.21. The average molecular weight is 704 g/mol. The van der Waals surface area contributed by atoms with Crippen LogP contribution in [0.1, 0.15) is 54.4 Å². The molecule has 2 heterocycles. The molecule has 2 aliphatic rings. The van der Waals surface area contributed by atoms with Crippen LogP contribution in [-0.2, 0) is 34.4 Å². The van der Waals surface area contributed by atoms with E-state index in [0.29, 0.717) is 42.6 Å². The first kappa shape index (κ1) is 36.1. The number of carbonyl (C=O) groups excluding carboxylic acids is 1. The van der Waals surface area contributed by atoms with Crippen molar-refractivity contribution >= 4 is 58.9 Å². The number of nitrogens with one attached hydrogen (secondary N) is 1. The van der Waals surface area contributed by atoms with Crippen molar-refractivity contribution in [1.29, 1.82) is 0 Å². The Bertz CT molecular complexity index is 1810. The van der Waals surface area contributed by atoms with Crippen molar-refractivity contribution in [2.45, 2.75) is 69.7 Å². The van der Waals surface area contributed by atoms with Crippen LogP contribution in [0.15, 0.2) is 51.4 Å². The van der Waals surface area contributed by atoms with Gasteiger partial charge in [-0.05, 0) is 79.8 Å². The van der Waals surface area contributed by atoms with E-state index in [0.717, 1.165) is 12.8 Å². The van der Waals surface area contributed by atoms with Crippen molar-refractivity contribution in [3.63, 3.8) is 0 Å². The van der Waals surface area contributed by atoms with Crippen LogP contribution in [0.4, 0.5) is 11.4 Å². The predicted molar refractivity (Wildman–Crippen MR) is 184 cm³/mol. The number of sulfonamides is 2. The zero-order valence-corrected chi connectivity index (χ0v) is 29.9. The number of ether oxygens (including phenoxy) is 1. The fourth-order valence-electron chi connectivity index (χ4n) is 6.97. The summed E-state index contributed by atoms with van der Waals surface area (Å²) in [5.74, 6) is 0.0139. The van der Waals surface area contributed by atoms with Gasteiger partial charge in [0.2, 0.25) is 26.8 Å². The molecular formula is C33H45N5O8S2. The fourth-order valence-corrected chi connectivity index (χ4v) is 10.4. The number of carbonyl (C=O) groups is 1. The summed E-state index contributed by atoms with van der Waals surface area (Å²) >= 11 is 0. The normalized spacial score (nSPS) is 23.3. The van der Waals surface area contributed by atoms with Gasteiger partial charge < -0.3 is 10.5 Å². The van der Waals surface area contributed by atoms with Gasteiger partial charge in [-0.15, -0.1) is 4.91 Å². The number of anilines is 1. The van der Waals surface area contributed by atoms with Crippen molar-refractivity contribution in [1.82, 2.24) is 8.61 Å². The molecule has 0 aromatic heterocycles. The molecule has 3 N–H and O–H groups in total. The Morgan fingerprint density at radius 3 is 1.60 bits per heavy atom. The minimum absolute atomic E-state index is 0.0217. The average Bonchev–Trinajstić information content (AvgIpc) is 3.00. The third-order valence-corrected chi connectivity index (χ3v) is 12.7. The molecule has 5 rings (SSSR count). The highest BCUT2D eigenvalue weighted by Gasteiger charge is 2.34. The first-order valence-corrected chi connectivity index (χ1v) is 19.0. The fraction of sp³-hybridized carbons (Fsp3) is 0.545. The standard InChI is InChI=1S/C33H45N5O8S2/c1-20-11-21(2)16-37(15-20)47(41,42)24-7-9-26-28(13-24)30(35-40)29-14-25(48(43,44)38-17-22(3)12-23(4)18-38)8-10-27(29)31(26)36-46-19-45-32(39)33(5,6)34/h7-10,13-14,20-23,36H,11-12,15-19,34H2,1-6H3/t20-,21+,22-,23+. The molecule has 0 bridgehead atoms. The van der Waals surface area contributed by atoms with Gasteiger partial charge >= 0.3 is 5.97 Å². The molecule has 0 amide bonds. The Labute approximate surface area is 282 Å². The molecule has 0 saturated carbocycles. The Morgan fingerprint density at radius 2 is 1.23 bits per heavy atom. The third kappa shape index (κ3) is 7.21. The van der Waals surface area contributed by atoms with Gasteiger partial charge in [0, 0.05) is 47.7 Å². The highest BCUT2D eigenvalue weighted by molar-refractivity contribution is 7.89. The second kappa shape index (κ2) is 13.6. The van der Waals surface area contributed by atoms with Crippen molar-refractivity contribution in [3.05, 3.63) is 41.3 Å². The lowest BCUT2D eigenvalue weighted by Crippen LogP contribution is -2.43. The molecule has 0 unspecified atom stereocenters. The summed E-state index contributed by atoms with van der Waals surface area (Å²) in [6.45, 7) is 12.0. The first-order chi connectivity index (χ1) is 22.4. The number of hydrogen-bond donors (Lipinski definition) is 2. The van der Waals surface area contributed by atoms with Crippen LogP contribution in [0.25, 0.3) is 21.5 Å². The van der Waals surface area contributed by atoms with Crippen LogP contribution in [0.2, 0.25) is 0 Å². The SMILES string of the molecule is C[C@@H]1C[C@H](C)CN(S(=O)(=O)c2ccc3c(NOCOC(=O)C(C)(C)N)c4ccc(S(=O)(=O)N5C[C@H](C)C[C@H](C)C5)cc4c(N=O)c3c2)C1. The van der Waals surface area contributed by atoms with E-state index in [1.165, 1.54) is 46.7 Å². The van der Waals surface area contributed by atoms with Gasteiger partial charge in [-0.1, -0.05) is 39.8 Å². The molecule has 0 spiro atoms. The molecule has 13 nitrogen and oxygen atoms in total. The number of hydrogen-bond acceptors (Lipinski definition) is 11. The van der Waals surface area contributed by atoms with E-state index in [-0.39, 0.29) is 49.9 Å². The lowest BCUT2D eigenvalue weighted by molar-refractivity contribution is -0.159. The summed E-state index contributed by atoms with van der Waals surface area (Å²) in [5.41, 5.74) is 7.50. The van der Waals surface area contributed by atoms with Crippen LogP contribution >= 0.6 is 0 Å². The molecule has 15 heteroatoms. The molecule has 48 heavy (non-hydrogen) atoms. The predicted octanol–water partition coefficient (Wildman–Crippen LogP) is 5.31. The Morgan fingerprint density at radius 1 is 0.812 bits per heavy atom. The maximum absolute atomic E-state index is 13.9. The lowest BCUT2D eigenvalue weighted by atomic mass is 9.94. The second-order valence-electron chi connectivity index (χ2n) is 14.3. The van der Waals surface area contributed by atoms with Crippen LogP contribution < -0.4 is 11.2 Å². The summed E-state index contributed by atoms with van der Waals surface area (Å²) in [6, 6.07) is 8.80. The van der Waals surface area contributed by atoms with Crippen LogP contribution in [0.3, 0.4) is 0 Å². The number of benzene rings is 3. The van der Waals surface area contributed by atoms with Gasteiger partial charge in [0.15, 0.2) is 0 Å². The molecule has 262 valence electrons. The second-order valence-corrected chi connectivity index (χ2v) is 18.2. The number of nitrogens with zero attached hydrogens (tertiary/aromatic N) is 3. The number of nitrogens with two attached hydrogens (primary N) is 1. The zero-order valence-electron chi connectivity index (χ0n) is 28.2. The molecule has 0 radical (unpaired) electrons. The monoisotopic (exact) mass is 703 g/mol. The van der Waals surface area contributed by atoms with E-state index in [1.54, 1.807) is 12.1 Å². The van der Waals surface area contributed by atoms with Gasteiger partial charge in [0.05, 0.1) is 15.5 Å². The van der Waals surface area contributed by atoms with E-state index >= 15 is 0 Å². The summed E-state index contributed by atoms with van der Waals surface area (Å²) in [4.78, 5) is 30.2. The summed E-state index contributed by atoms with van der Waals surface area (Å²) in [7, 11) is -7.89. The highest BCUT2D eigenvalue weighted by Crippen LogP contribution is 2.44. The molecule has 2 aliphatic heterocycles. The van der Waals surface area contributed by atoms with Crippen molar-refractivity contribution < 1.29 is 31.2 Å². The number of piperidine rings is 2. The Kier molecular flexibility index (Phi) is 10.2. The van der Waals surface area contributed by atoms with E-state index in [9.17, 15) is 26.5 Å². The molecule has 3 aromatic rings. The van der Waals surface area contributed by atoms with Crippen LogP contribution in [0.5, 0.6) is 0 Å². The first-order valence-electron chi connectivity index (χ1n) is 16.1. The minimum atomic E-state index is -3.95. The molecular weight excluding hydrogens is 659 g/mol.